The van der Waals surface area contributed by atoms with Gasteiger partial charge in [-0.15, -0.1) is 33.2 Å². The maximum absolute atomic E-state index is 5.63. The lowest BCUT2D eigenvalue weighted by molar-refractivity contribution is 1.02. The van der Waals surface area contributed by atoms with Crippen molar-refractivity contribution in [3.8, 4) is 0 Å². The smallest absolute Gasteiger partial charge is 0.125 e. The van der Waals surface area contributed by atoms with E-state index in [1.165, 1.54) is 0 Å². The molecule has 5 heteroatoms. The minimum Gasteiger partial charge on any atom is -0.125 e. The number of hydrogen-bond acceptors (Lipinski definition) is 0. The molecule has 8 heavy (non-hydrogen) atoms. The molecular weight excluding hydrogens is 250 g/mol. The summed E-state index contributed by atoms with van der Waals surface area (Å²) in [6.45, 7) is 3.71. The van der Waals surface area contributed by atoms with E-state index >= 15 is 0 Å². The second-order valence-corrected chi connectivity index (χ2v) is 13.8. The van der Waals surface area contributed by atoms with E-state index in [0.717, 1.165) is 0 Å². The fraction of sp³-hybridized carbons (Fsp3) is 1.00. The lowest BCUT2D eigenvalue weighted by Gasteiger charge is -2.21. The summed E-state index contributed by atoms with van der Waals surface area (Å²) < 4.78 is -0.315. The molecule has 0 aliphatic heterocycles. The second kappa shape index (κ2) is 2.66. The minimum absolute atomic E-state index is 0.315. The van der Waals surface area contributed by atoms with Crippen LogP contribution in [0, 0.1) is 0 Å². The van der Waals surface area contributed by atoms with E-state index in [4.69, 9.17) is 33.2 Å². The van der Waals surface area contributed by atoms with Crippen molar-refractivity contribution >= 4 is 55.2 Å². The molecule has 0 unspecified atom stereocenters. The van der Waals surface area contributed by atoms with Crippen LogP contribution in [0.2, 0.25) is 0 Å². The molecule has 0 aromatic rings. The van der Waals surface area contributed by atoms with Gasteiger partial charge in [0.15, 0.2) is 0 Å². The van der Waals surface area contributed by atoms with E-state index in [9.17, 15) is 0 Å². The van der Waals surface area contributed by atoms with E-state index in [2.05, 4.69) is 15.9 Å². The van der Waals surface area contributed by atoms with Gasteiger partial charge in [-0.2, -0.15) is 0 Å². The average molecular weight is 256 g/mol. The van der Waals surface area contributed by atoms with Gasteiger partial charge in [-0.05, 0) is 13.8 Å². The summed E-state index contributed by atoms with van der Waals surface area (Å²) in [6, 6.07) is -2.53. The van der Waals surface area contributed by atoms with Gasteiger partial charge in [-0.1, -0.05) is 15.9 Å². The van der Waals surface area contributed by atoms with Crippen LogP contribution < -0.4 is 0 Å². The van der Waals surface area contributed by atoms with Crippen molar-refractivity contribution in [1.82, 2.24) is 0 Å². The molecule has 0 bridgehead atoms. The molecular formula is C3H6BrCl3Si. The van der Waals surface area contributed by atoms with Gasteiger partial charge in [0.2, 0.25) is 0 Å². The van der Waals surface area contributed by atoms with E-state index in [1.807, 2.05) is 13.8 Å². The first-order valence-corrected chi connectivity index (χ1v) is 7.83. The summed E-state index contributed by atoms with van der Waals surface area (Å²) in [5.74, 6) is 0. The Labute approximate surface area is 72.7 Å². The van der Waals surface area contributed by atoms with Crippen LogP contribution in [-0.2, 0) is 0 Å². The molecule has 50 valence electrons. The van der Waals surface area contributed by atoms with Crippen molar-refractivity contribution in [1.29, 1.82) is 0 Å². The van der Waals surface area contributed by atoms with Crippen LogP contribution in [0.1, 0.15) is 13.8 Å². The molecule has 0 aliphatic carbocycles. The number of alkyl halides is 1. The molecule has 0 saturated carbocycles. The summed E-state index contributed by atoms with van der Waals surface area (Å²) in [6.07, 6.45) is 0. The first kappa shape index (κ1) is 9.57. The molecule has 0 aromatic carbocycles. The van der Waals surface area contributed by atoms with Crippen LogP contribution in [0.3, 0.4) is 0 Å². The molecule has 0 atom stereocenters. The summed E-state index contributed by atoms with van der Waals surface area (Å²) in [5.41, 5.74) is 0. The van der Waals surface area contributed by atoms with Gasteiger partial charge < -0.3 is 0 Å². The monoisotopic (exact) mass is 254 g/mol. The van der Waals surface area contributed by atoms with Crippen LogP contribution in [0.4, 0.5) is 0 Å². The Hall–Kier alpha value is 1.57. The van der Waals surface area contributed by atoms with Gasteiger partial charge in [0.1, 0.15) is 0 Å². The molecule has 0 spiro atoms. The number of hydrogen-bond donors (Lipinski definition) is 0. The highest BCUT2D eigenvalue weighted by atomic mass is 79.9. The molecule has 0 aliphatic rings. The Balaban J connectivity index is 4.02. The lowest BCUT2D eigenvalue weighted by atomic mass is 10.6. The maximum Gasteiger partial charge on any atom is 0.356 e. The quantitative estimate of drug-likeness (QED) is 0.383. The van der Waals surface area contributed by atoms with Crippen molar-refractivity contribution in [3.63, 3.8) is 0 Å². The Kier molecular flexibility index (Phi) is 3.19. The highest BCUT2D eigenvalue weighted by molar-refractivity contribution is 9.10. The third kappa shape index (κ3) is 2.92. The molecule has 0 nitrogen and oxygen atoms in total. The molecule has 0 radical (unpaired) electrons. The van der Waals surface area contributed by atoms with Gasteiger partial charge in [0, 0.05) is 0 Å². The van der Waals surface area contributed by atoms with Gasteiger partial charge in [0.05, 0.1) is 3.95 Å². The van der Waals surface area contributed by atoms with E-state index in [0.29, 0.717) is 0 Å². The average Bonchev–Trinajstić information content (AvgIpc) is 1.25. The van der Waals surface area contributed by atoms with Crippen LogP contribution in [0.15, 0.2) is 0 Å². The Morgan fingerprint density at radius 1 is 1.25 bits per heavy atom. The van der Waals surface area contributed by atoms with Crippen molar-refractivity contribution < 1.29 is 0 Å². The first-order valence-electron chi connectivity index (χ1n) is 2.01. The van der Waals surface area contributed by atoms with E-state index in [1.54, 1.807) is 0 Å². The lowest BCUT2D eigenvalue weighted by Crippen LogP contribution is -2.34. The molecule has 0 heterocycles. The molecule has 0 aromatic heterocycles. The van der Waals surface area contributed by atoms with Gasteiger partial charge in [-0.3, -0.25) is 0 Å². The summed E-state index contributed by atoms with van der Waals surface area (Å²) in [5, 5.41) is 0. The third-order valence-corrected chi connectivity index (χ3v) is 10.1. The molecule has 0 fully saturated rings. The van der Waals surface area contributed by atoms with Crippen molar-refractivity contribution in [3.05, 3.63) is 0 Å². The highest BCUT2D eigenvalue weighted by Crippen LogP contribution is 2.38. The predicted molar refractivity (Wildman–Crippen MR) is 46.3 cm³/mol. The zero-order valence-electron chi connectivity index (χ0n) is 4.51. The standard InChI is InChI=1S/C3H6BrCl3Si/c1-3(2,4)8(5,6)7/h1-2H3. The zero-order chi connectivity index (χ0) is 7.00. The summed E-state index contributed by atoms with van der Waals surface area (Å²) in [4.78, 5) is 0. The summed E-state index contributed by atoms with van der Waals surface area (Å²) >= 11 is 20.2. The largest absolute Gasteiger partial charge is 0.356 e. The predicted octanol–water partition coefficient (Wildman–Crippen LogP) is 3.35. The van der Waals surface area contributed by atoms with Crippen molar-refractivity contribution in [2.75, 3.05) is 0 Å². The highest BCUT2D eigenvalue weighted by Gasteiger charge is 2.42. The van der Waals surface area contributed by atoms with Crippen molar-refractivity contribution in [2.45, 2.75) is 17.8 Å². The molecule has 0 rings (SSSR count). The fourth-order valence-electron chi connectivity index (χ4n) is 0. The SMILES string of the molecule is CC(C)(Br)[Si](Cl)(Cl)Cl. The van der Waals surface area contributed by atoms with E-state index < -0.39 is 6.00 Å². The minimum atomic E-state index is -2.53. The van der Waals surface area contributed by atoms with Crippen molar-refractivity contribution in [2.24, 2.45) is 0 Å². The first-order chi connectivity index (χ1) is 3.25. The normalized spacial score (nSPS) is 14.2. The topological polar surface area (TPSA) is 0 Å². The summed E-state index contributed by atoms with van der Waals surface area (Å²) in [7, 11) is 0. The third-order valence-electron chi connectivity index (χ3n) is 0.674. The van der Waals surface area contributed by atoms with Crippen LogP contribution >= 0.6 is 49.2 Å². The fourth-order valence-corrected chi connectivity index (χ4v) is 0. The second-order valence-electron chi connectivity index (χ2n) is 1.97. The maximum atomic E-state index is 5.63. The molecule has 0 N–H and O–H groups in total. The Morgan fingerprint density at radius 3 is 1.38 bits per heavy atom. The Morgan fingerprint density at radius 2 is 1.38 bits per heavy atom. The van der Waals surface area contributed by atoms with Gasteiger partial charge in [-0.25, -0.2) is 0 Å². The number of halogens is 4. The van der Waals surface area contributed by atoms with Gasteiger partial charge in [0.25, 0.3) is 0 Å². The van der Waals surface area contributed by atoms with Crippen LogP contribution in [0.5, 0.6) is 0 Å². The molecule has 0 amide bonds. The van der Waals surface area contributed by atoms with Crippen LogP contribution in [-0.4, -0.2) is 9.95 Å². The Bertz CT molecular complexity index is 69.5. The van der Waals surface area contributed by atoms with Gasteiger partial charge >= 0.3 is 6.00 Å². The zero-order valence-corrected chi connectivity index (χ0v) is 9.37. The van der Waals surface area contributed by atoms with Crippen LogP contribution in [0.25, 0.3) is 0 Å². The van der Waals surface area contributed by atoms with E-state index in [-0.39, 0.29) is 3.95 Å². The molecule has 0 saturated heterocycles. The number of rotatable bonds is 1.